The zero-order chi connectivity index (χ0) is 17.9. The Morgan fingerprint density at radius 1 is 0.923 bits per heavy atom. The number of hydrogen-bond acceptors (Lipinski definition) is 3. The van der Waals surface area contributed by atoms with Crippen molar-refractivity contribution in [3.63, 3.8) is 0 Å². The van der Waals surface area contributed by atoms with Crippen LogP contribution in [0.3, 0.4) is 0 Å². The lowest BCUT2D eigenvalue weighted by atomic mass is 10.1. The Balaban J connectivity index is 1.50. The van der Waals surface area contributed by atoms with E-state index in [1.54, 1.807) is 11.8 Å². The number of benzene rings is 3. The van der Waals surface area contributed by atoms with E-state index in [1.807, 2.05) is 31.3 Å². The average molecular weight is 380 g/mol. The summed E-state index contributed by atoms with van der Waals surface area (Å²) >= 11 is 7.67. The predicted molar refractivity (Wildman–Crippen MR) is 109 cm³/mol. The number of fused-ring (bicyclic) bond motifs is 1. The van der Waals surface area contributed by atoms with Gasteiger partial charge in [0.15, 0.2) is 5.16 Å². The molecule has 0 saturated heterocycles. The standard InChI is InChI=1S/C21H18ClN3S/c1-25-20(13-15-9-11-18(22)12-10-15)23-24-21(25)26-14-17-7-4-6-16-5-2-3-8-19(16)17/h2-12H,13-14H2,1H3. The molecule has 130 valence electrons. The first kappa shape index (κ1) is 17.1. The highest BCUT2D eigenvalue weighted by molar-refractivity contribution is 7.98. The maximum absolute atomic E-state index is 5.95. The van der Waals surface area contributed by atoms with Crippen LogP contribution in [0.2, 0.25) is 5.02 Å². The fraction of sp³-hybridized carbons (Fsp3) is 0.143. The molecule has 0 aliphatic heterocycles. The van der Waals surface area contributed by atoms with Crippen molar-refractivity contribution in [1.29, 1.82) is 0 Å². The van der Waals surface area contributed by atoms with Crippen LogP contribution in [0.1, 0.15) is 17.0 Å². The SMILES string of the molecule is Cn1c(Cc2ccc(Cl)cc2)nnc1SCc1cccc2ccccc12. The zero-order valence-electron chi connectivity index (χ0n) is 14.4. The first-order valence-corrected chi connectivity index (χ1v) is 9.79. The maximum atomic E-state index is 5.95. The van der Waals surface area contributed by atoms with Crippen LogP contribution in [-0.2, 0) is 19.2 Å². The summed E-state index contributed by atoms with van der Waals surface area (Å²) in [7, 11) is 2.02. The number of thioether (sulfide) groups is 1. The van der Waals surface area contributed by atoms with E-state index in [0.717, 1.165) is 28.2 Å². The molecule has 0 N–H and O–H groups in total. The molecule has 0 saturated carbocycles. The fourth-order valence-corrected chi connectivity index (χ4v) is 4.03. The predicted octanol–water partition coefficient (Wildman–Crippen LogP) is 5.50. The highest BCUT2D eigenvalue weighted by Gasteiger charge is 2.11. The third-order valence-electron chi connectivity index (χ3n) is 4.44. The minimum Gasteiger partial charge on any atom is -0.309 e. The molecule has 0 radical (unpaired) electrons. The van der Waals surface area contributed by atoms with Crippen molar-refractivity contribution >= 4 is 34.1 Å². The largest absolute Gasteiger partial charge is 0.309 e. The molecule has 4 aromatic rings. The molecule has 26 heavy (non-hydrogen) atoms. The molecular formula is C21H18ClN3S. The lowest BCUT2D eigenvalue weighted by molar-refractivity contribution is 0.749. The fourth-order valence-electron chi connectivity index (χ4n) is 2.97. The molecular weight excluding hydrogens is 362 g/mol. The minimum absolute atomic E-state index is 0.746. The Bertz CT molecular complexity index is 1040. The quantitative estimate of drug-likeness (QED) is 0.428. The van der Waals surface area contributed by atoms with Crippen molar-refractivity contribution in [2.75, 3.05) is 0 Å². The highest BCUT2D eigenvalue weighted by atomic mass is 35.5. The summed E-state index contributed by atoms with van der Waals surface area (Å²) in [5, 5.41) is 13.0. The van der Waals surface area contributed by atoms with Crippen molar-refractivity contribution in [3.05, 3.63) is 88.7 Å². The first-order chi connectivity index (χ1) is 12.7. The average Bonchev–Trinajstić information content (AvgIpc) is 3.01. The molecule has 4 rings (SSSR count). The van der Waals surface area contributed by atoms with Gasteiger partial charge in [0.1, 0.15) is 5.82 Å². The van der Waals surface area contributed by atoms with Crippen LogP contribution < -0.4 is 0 Å². The zero-order valence-corrected chi connectivity index (χ0v) is 16.0. The second-order valence-corrected chi connectivity index (χ2v) is 7.57. The number of halogens is 1. The van der Waals surface area contributed by atoms with Gasteiger partial charge in [0.2, 0.25) is 0 Å². The van der Waals surface area contributed by atoms with E-state index in [1.165, 1.54) is 21.9 Å². The molecule has 0 fully saturated rings. The third kappa shape index (κ3) is 3.62. The van der Waals surface area contributed by atoms with E-state index in [4.69, 9.17) is 11.6 Å². The van der Waals surface area contributed by atoms with Crippen LogP contribution in [0.4, 0.5) is 0 Å². The Labute approximate surface area is 162 Å². The Morgan fingerprint density at radius 2 is 1.69 bits per heavy atom. The number of rotatable bonds is 5. The summed E-state index contributed by atoms with van der Waals surface area (Å²) in [6.07, 6.45) is 0.746. The second kappa shape index (κ2) is 7.52. The molecule has 5 heteroatoms. The van der Waals surface area contributed by atoms with Gasteiger partial charge in [-0.3, -0.25) is 0 Å². The van der Waals surface area contributed by atoms with Gasteiger partial charge >= 0.3 is 0 Å². The maximum Gasteiger partial charge on any atom is 0.191 e. The normalized spacial score (nSPS) is 11.2. The Kier molecular flexibility index (Phi) is 4.96. The third-order valence-corrected chi connectivity index (χ3v) is 5.76. The smallest absolute Gasteiger partial charge is 0.191 e. The molecule has 3 aromatic carbocycles. The topological polar surface area (TPSA) is 30.7 Å². The van der Waals surface area contributed by atoms with Gasteiger partial charge in [-0.1, -0.05) is 78.0 Å². The first-order valence-electron chi connectivity index (χ1n) is 8.43. The van der Waals surface area contributed by atoms with Crippen LogP contribution in [0.5, 0.6) is 0 Å². The van der Waals surface area contributed by atoms with E-state index in [9.17, 15) is 0 Å². The van der Waals surface area contributed by atoms with Crippen LogP contribution in [0.25, 0.3) is 10.8 Å². The Morgan fingerprint density at radius 3 is 2.54 bits per heavy atom. The molecule has 0 aliphatic carbocycles. The van der Waals surface area contributed by atoms with Gasteiger partial charge in [0.25, 0.3) is 0 Å². The molecule has 1 aromatic heterocycles. The Hall–Kier alpha value is -2.30. The highest BCUT2D eigenvalue weighted by Crippen LogP contribution is 2.26. The lowest BCUT2D eigenvalue weighted by Crippen LogP contribution is -2.00. The summed E-state index contributed by atoms with van der Waals surface area (Å²) in [5.74, 6) is 1.82. The molecule has 0 amide bonds. The second-order valence-electron chi connectivity index (χ2n) is 6.19. The van der Waals surface area contributed by atoms with Crippen LogP contribution in [0.15, 0.2) is 71.9 Å². The van der Waals surface area contributed by atoms with E-state index >= 15 is 0 Å². The van der Waals surface area contributed by atoms with Gasteiger partial charge in [0, 0.05) is 24.2 Å². The van der Waals surface area contributed by atoms with Gasteiger partial charge in [0.05, 0.1) is 0 Å². The van der Waals surface area contributed by atoms with Gasteiger partial charge < -0.3 is 4.57 Å². The van der Waals surface area contributed by atoms with E-state index in [0.29, 0.717) is 0 Å². The minimum atomic E-state index is 0.746. The van der Waals surface area contributed by atoms with Crippen LogP contribution in [0, 0.1) is 0 Å². The van der Waals surface area contributed by atoms with E-state index < -0.39 is 0 Å². The van der Waals surface area contributed by atoms with Crippen molar-refractivity contribution in [1.82, 2.24) is 14.8 Å². The van der Waals surface area contributed by atoms with Crippen molar-refractivity contribution in [3.8, 4) is 0 Å². The van der Waals surface area contributed by atoms with Crippen LogP contribution in [-0.4, -0.2) is 14.8 Å². The lowest BCUT2D eigenvalue weighted by Gasteiger charge is -2.07. The van der Waals surface area contributed by atoms with Crippen LogP contribution >= 0.6 is 23.4 Å². The summed E-state index contributed by atoms with van der Waals surface area (Å²) < 4.78 is 2.07. The molecule has 0 atom stereocenters. The van der Waals surface area contributed by atoms with Gasteiger partial charge in [-0.25, -0.2) is 0 Å². The monoisotopic (exact) mass is 379 g/mol. The van der Waals surface area contributed by atoms with Crippen molar-refractivity contribution < 1.29 is 0 Å². The van der Waals surface area contributed by atoms with Crippen molar-refractivity contribution in [2.24, 2.45) is 7.05 Å². The summed E-state index contributed by atoms with van der Waals surface area (Å²) in [6.45, 7) is 0. The van der Waals surface area contributed by atoms with E-state index in [2.05, 4.69) is 57.2 Å². The molecule has 3 nitrogen and oxygen atoms in total. The van der Waals surface area contributed by atoms with E-state index in [-0.39, 0.29) is 0 Å². The van der Waals surface area contributed by atoms with Gasteiger partial charge in [-0.05, 0) is 34.0 Å². The molecule has 0 aliphatic rings. The molecule has 0 bridgehead atoms. The van der Waals surface area contributed by atoms with Gasteiger partial charge in [-0.2, -0.15) is 0 Å². The van der Waals surface area contributed by atoms with Gasteiger partial charge in [-0.15, -0.1) is 10.2 Å². The summed E-state index contributed by atoms with van der Waals surface area (Å²) in [6, 6.07) is 22.8. The number of hydrogen-bond donors (Lipinski definition) is 0. The number of nitrogens with zero attached hydrogens (tertiary/aromatic N) is 3. The summed E-state index contributed by atoms with van der Waals surface area (Å²) in [4.78, 5) is 0. The molecule has 1 heterocycles. The van der Waals surface area contributed by atoms with Crippen molar-refractivity contribution in [2.45, 2.75) is 17.3 Å². The summed E-state index contributed by atoms with van der Waals surface area (Å²) in [5.41, 5.74) is 2.49. The molecule has 0 spiro atoms. The molecule has 0 unspecified atom stereocenters. The number of aromatic nitrogens is 3.